The first-order valence-electron chi connectivity index (χ1n) is 8.81. The zero-order chi connectivity index (χ0) is 20.4. The molecular weight excluding hydrogens is 426 g/mol. The Morgan fingerprint density at radius 1 is 0.964 bits per heavy atom. The molecule has 0 unspecified atom stereocenters. The van der Waals surface area contributed by atoms with Gasteiger partial charge in [-0.3, -0.25) is 25.2 Å². The van der Waals surface area contributed by atoms with Gasteiger partial charge in [-0.25, -0.2) is 0 Å². The summed E-state index contributed by atoms with van der Waals surface area (Å²) in [5.74, 6) is -0.524. The molecule has 0 aliphatic heterocycles. The Balaban J connectivity index is 1.70. The van der Waals surface area contributed by atoms with Crippen LogP contribution in [-0.4, -0.2) is 24.3 Å². The maximum atomic E-state index is 12.1. The van der Waals surface area contributed by atoms with Crippen LogP contribution >= 0.6 is 15.9 Å². The Bertz CT molecular complexity index is 827. The van der Waals surface area contributed by atoms with Gasteiger partial charge in [0.25, 0.3) is 5.91 Å². The van der Waals surface area contributed by atoms with E-state index in [9.17, 15) is 14.4 Å². The van der Waals surface area contributed by atoms with Crippen LogP contribution in [0.4, 0.5) is 0 Å². The van der Waals surface area contributed by atoms with E-state index in [2.05, 4.69) is 32.1 Å². The minimum absolute atomic E-state index is 0.0309. The first kappa shape index (κ1) is 21.4. The number of nitrogens with one attached hydrogen (secondary N) is 3. The molecule has 0 spiro atoms. The van der Waals surface area contributed by atoms with E-state index >= 15 is 0 Å². The molecule has 2 aromatic rings. The molecule has 0 aromatic heterocycles. The summed E-state index contributed by atoms with van der Waals surface area (Å²) in [6.45, 7) is 2.79. The second kappa shape index (κ2) is 11.1. The average molecular weight is 448 g/mol. The fourth-order valence-corrected chi connectivity index (χ4v) is 2.78. The molecule has 3 amide bonds. The summed E-state index contributed by atoms with van der Waals surface area (Å²) in [6, 6.07) is 14.3. The Kier molecular flexibility index (Phi) is 8.48. The van der Waals surface area contributed by atoms with Crippen LogP contribution in [0.25, 0.3) is 0 Å². The van der Waals surface area contributed by atoms with Crippen LogP contribution < -0.4 is 20.9 Å². The van der Waals surface area contributed by atoms with Crippen molar-refractivity contribution in [1.82, 2.24) is 16.2 Å². The predicted octanol–water partition coefficient (Wildman–Crippen LogP) is 2.71. The van der Waals surface area contributed by atoms with Gasteiger partial charge in [0, 0.05) is 24.9 Å². The zero-order valence-electron chi connectivity index (χ0n) is 15.5. The fourth-order valence-electron chi connectivity index (χ4n) is 2.29. The number of carbonyl (C=O) groups is 3. The minimum Gasteiger partial charge on any atom is -0.493 e. The third-order valence-electron chi connectivity index (χ3n) is 3.72. The number of amides is 3. The number of hydrogen-bond acceptors (Lipinski definition) is 4. The van der Waals surface area contributed by atoms with Crippen LogP contribution in [0.2, 0.25) is 0 Å². The molecule has 2 rings (SSSR count). The van der Waals surface area contributed by atoms with E-state index in [1.54, 1.807) is 18.2 Å². The molecule has 0 aliphatic carbocycles. The lowest BCUT2D eigenvalue weighted by molar-refractivity contribution is -0.126. The van der Waals surface area contributed by atoms with E-state index in [0.29, 0.717) is 28.9 Å². The Morgan fingerprint density at radius 3 is 2.36 bits per heavy atom. The second-order valence-electron chi connectivity index (χ2n) is 5.84. The topological polar surface area (TPSA) is 96.5 Å². The molecule has 0 atom stereocenters. The van der Waals surface area contributed by atoms with E-state index in [4.69, 9.17) is 4.74 Å². The van der Waals surface area contributed by atoms with Crippen LogP contribution in [0.1, 0.15) is 35.7 Å². The highest BCUT2D eigenvalue weighted by Gasteiger charge is 2.11. The fraction of sp³-hybridized carbons (Fsp3) is 0.250. The molecule has 148 valence electrons. The minimum atomic E-state index is -0.467. The van der Waals surface area contributed by atoms with Crippen LogP contribution in [0.5, 0.6) is 5.75 Å². The third kappa shape index (κ3) is 7.03. The lowest BCUT2D eigenvalue weighted by atomic mass is 10.2. The van der Waals surface area contributed by atoms with Crippen LogP contribution in [0.15, 0.2) is 53.0 Å². The number of hydrazine groups is 1. The molecule has 0 saturated carbocycles. The average Bonchev–Trinajstić information content (AvgIpc) is 2.71. The summed E-state index contributed by atoms with van der Waals surface area (Å²) in [5, 5.41) is 2.74. The van der Waals surface area contributed by atoms with Gasteiger partial charge in [0.1, 0.15) is 5.75 Å². The summed E-state index contributed by atoms with van der Waals surface area (Å²) in [4.78, 5) is 35.7. The third-order valence-corrected chi connectivity index (χ3v) is 4.34. The zero-order valence-corrected chi connectivity index (χ0v) is 17.0. The Morgan fingerprint density at radius 2 is 1.68 bits per heavy atom. The molecule has 8 heteroatoms. The van der Waals surface area contributed by atoms with Gasteiger partial charge in [-0.2, -0.15) is 0 Å². The number of hydrogen-bond donors (Lipinski definition) is 3. The first-order chi connectivity index (χ1) is 13.5. The number of rotatable bonds is 8. The quantitative estimate of drug-likeness (QED) is 0.541. The summed E-state index contributed by atoms with van der Waals surface area (Å²) in [5.41, 5.74) is 5.97. The molecular formula is C20H22BrN3O4. The lowest BCUT2D eigenvalue weighted by Gasteiger charge is -2.10. The molecule has 0 heterocycles. The molecule has 0 bridgehead atoms. The van der Waals surface area contributed by atoms with Crippen molar-refractivity contribution in [3.63, 3.8) is 0 Å². The van der Waals surface area contributed by atoms with E-state index < -0.39 is 11.8 Å². The Labute approximate surface area is 171 Å². The summed E-state index contributed by atoms with van der Waals surface area (Å²) >= 11 is 3.33. The van der Waals surface area contributed by atoms with Crippen molar-refractivity contribution in [2.75, 3.05) is 6.61 Å². The smallest absolute Gasteiger partial charge is 0.269 e. The van der Waals surface area contributed by atoms with Crippen molar-refractivity contribution in [3.8, 4) is 5.75 Å². The Hall–Kier alpha value is -2.87. The highest BCUT2D eigenvalue weighted by Crippen LogP contribution is 2.25. The van der Waals surface area contributed by atoms with Crippen molar-refractivity contribution in [1.29, 1.82) is 0 Å². The van der Waals surface area contributed by atoms with E-state index in [1.807, 2.05) is 37.3 Å². The molecule has 3 N–H and O–H groups in total. The molecule has 28 heavy (non-hydrogen) atoms. The number of halogens is 1. The molecule has 7 nitrogen and oxygen atoms in total. The van der Waals surface area contributed by atoms with Crippen LogP contribution in [-0.2, 0) is 16.1 Å². The summed E-state index contributed by atoms with van der Waals surface area (Å²) in [6.07, 6.45) is -0.00296. The van der Waals surface area contributed by atoms with E-state index in [1.165, 1.54) is 0 Å². The summed E-state index contributed by atoms with van der Waals surface area (Å²) < 4.78 is 6.03. The molecule has 0 aliphatic rings. The highest BCUT2D eigenvalue weighted by atomic mass is 79.9. The van der Waals surface area contributed by atoms with E-state index in [-0.39, 0.29) is 18.7 Å². The van der Waals surface area contributed by atoms with E-state index in [0.717, 1.165) is 5.56 Å². The largest absolute Gasteiger partial charge is 0.493 e. The van der Waals surface area contributed by atoms with Gasteiger partial charge in [-0.15, -0.1) is 0 Å². The van der Waals surface area contributed by atoms with Gasteiger partial charge >= 0.3 is 0 Å². The van der Waals surface area contributed by atoms with Gasteiger partial charge < -0.3 is 10.1 Å². The van der Waals surface area contributed by atoms with Gasteiger partial charge in [0.2, 0.25) is 11.8 Å². The van der Waals surface area contributed by atoms with Crippen molar-refractivity contribution in [2.24, 2.45) is 0 Å². The normalized spacial score (nSPS) is 10.1. The molecule has 0 radical (unpaired) electrons. The number of ether oxygens (including phenoxy) is 1. The summed E-state index contributed by atoms with van der Waals surface area (Å²) in [7, 11) is 0. The second-order valence-corrected chi connectivity index (χ2v) is 6.70. The SMILES string of the molecule is CCOc1ccc(C(=O)NNC(=O)CCC(=O)NCc2ccccc2)cc1Br. The molecule has 0 fully saturated rings. The van der Waals surface area contributed by atoms with Crippen LogP contribution in [0, 0.1) is 0 Å². The van der Waals surface area contributed by atoms with Crippen LogP contribution in [0.3, 0.4) is 0 Å². The molecule has 0 saturated heterocycles. The van der Waals surface area contributed by atoms with Crippen molar-refractivity contribution >= 4 is 33.7 Å². The standard InChI is InChI=1S/C20H22BrN3O4/c1-2-28-17-9-8-15(12-16(17)21)20(27)24-23-19(26)11-10-18(25)22-13-14-6-4-3-5-7-14/h3-9,12H,2,10-11,13H2,1H3,(H,22,25)(H,23,26)(H,24,27). The van der Waals surface area contributed by atoms with Crippen molar-refractivity contribution in [2.45, 2.75) is 26.3 Å². The molecule has 2 aromatic carbocycles. The lowest BCUT2D eigenvalue weighted by Crippen LogP contribution is -2.42. The maximum Gasteiger partial charge on any atom is 0.269 e. The van der Waals surface area contributed by atoms with Gasteiger partial charge in [-0.1, -0.05) is 30.3 Å². The highest BCUT2D eigenvalue weighted by molar-refractivity contribution is 9.10. The van der Waals surface area contributed by atoms with Crippen molar-refractivity contribution < 1.29 is 19.1 Å². The number of carbonyl (C=O) groups excluding carboxylic acids is 3. The maximum absolute atomic E-state index is 12.1. The first-order valence-corrected chi connectivity index (χ1v) is 9.61. The van der Waals surface area contributed by atoms with Gasteiger partial charge in [-0.05, 0) is 46.6 Å². The number of benzene rings is 2. The van der Waals surface area contributed by atoms with Gasteiger partial charge in [0.15, 0.2) is 0 Å². The van der Waals surface area contributed by atoms with Gasteiger partial charge in [0.05, 0.1) is 11.1 Å². The monoisotopic (exact) mass is 447 g/mol. The predicted molar refractivity (Wildman–Crippen MR) is 108 cm³/mol. The van der Waals surface area contributed by atoms with Crippen molar-refractivity contribution in [3.05, 3.63) is 64.1 Å².